The maximum Gasteiger partial charge on any atom is 0.191 e. The Kier molecular flexibility index (Phi) is 9.60. The van der Waals surface area contributed by atoms with Crippen LogP contribution >= 0.6 is 0 Å². The molecule has 0 radical (unpaired) electrons. The van der Waals surface area contributed by atoms with Crippen molar-refractivity contribution in [3.05, 3.63) is 0 Å². The van der Waals surface area contributed by atoms with Crippen LogP contribution in [0.1, 0.15) is 109 Å². The number of rotatable bonds is 12. The Morgan fingerprint density at radius 3 is 2.15 bits per heavy atom. The summed E-state index contributed by atoms with van der Waals surface area (Å²) in [6.45, 7) is 4.04. The lowest BCUT2D eigenvalue weighted by atomic mass is 9.85. The number of nitrogens with two attached hydrogens (primary N) is 2. The molecule has 2 fully saturated rings. The highest BCUT2D eigenvalue weighted by Crippen LogP contribution is 2.30. The van der Waals surface area contributed by atoms with Crippen LogP contribution in [0.5, 0.6) is 0 Å². The predicted octanol–water partition coefficient (Wildman–Crippen LogP) is 4.88. The molecular weight excluding hydrogens is 408 g/mol. The Morgan fingerprint density at radius 1 is 0.727 bits per heavy atom. The molecular formula is C27H50N6. The molecule has 0 amide bonds. The molecule has 6 heteroatoms. The molecule has 0 bridgehead atoms. The van der Waals surface area contributed by atoms with Crippen LogP contribution < -0.4 is 11.5 Å². The average molecular weight is 459 g/mol. The Balaban J connectivity index is 1.09. The van der Waals surface area contributed by atoms with E-state index in [-0.39, 0.29) is 0 Å². The normalized spacial score (nSPS) is 27.3. The number of guanidine groups is 2. The van der Waals surface area contributed by atoms with Crippen molar-refractivity contribution in [2.24, 2.45) is 33.3 Å². The van der Waals surface area contributed by atoms with Crippen LogP contribution in [-0.4, -0.2) is 60.0 Å². The van der Waals surface area contributed by atoms with Gasteiger partial charge >= 0.3 is 0 Å². The van der Waals surface area contributed by atoms with Gasteiger partial charge in [-0.1, -0.05) is 77.0 Å². The monoisotopic (exact) mass is 458 g/mol. The first kappa shape index (κ1) is 24.7. The molecule has 2 saturated carbocycles. The van der Waals surface area contributed by atoms with Gasteiger partial charge in [0.25, 0.3) is 0 Å². The van der Waals surface area contributed by atoms with Gasteiger partial charge in [0.2, 0.25) is 0 Å². The standard InChI is InChI=1S/C27H50N6/c28-26-30-20-25(33(26)18-10-7-13-22-11-3-1-4-12-22)16-8-9-17-32-21-24(31-27(32)29)19-23-14-5-2-6-15-23/h22-25H,1-21H2,(H2,28,30)(H2,29,31)/t24-,25-/m0/s1. The average Bonchev–Trinajstić information content (AvgIpc) is 3.36. The van der Waals surface area contributed by atoms with Crippen molar-refractivity contribution >= 4 is 11.9 Å². The lowest BCUT2D eigenvalue weighted by molar-refractivity contribution is 0.286. The fourth-order valence-electron chi connectivity index (χ4n) is 6.79. The minimum atomic E-state index is 0.431. The molecule has 2 aliphatic heterocycles. The molecule has 4 N–H and O–H groups in total. The SMILES string of the molecule is NC1=N[C@@H](CC2CCCCC2)CN1CCCC[C@H]1CN=C(N)N1CCCCC1CCCCC1. The van der Waals surface area contributed by atoms with Crippen molar-refractivity contribution in [1.29, 1.82) is 0 Å². The Labute approximate surface area is 202 Å². The zero-order valence-corrected chi connectivity index (χ0v) is 21.1. The van der Waals surface area contributed by atoms with Crippen LogP contribution in [0.3, 0.4) is 0 Å². The van der Waals surface area contributed by atoms with Gasteiger partial charge in [0.15, 0.2) is 11.9 Å². The molecule has 4 aliphatic rings. The third-order valence-electron chi connectivity index (χ3n) is 8.80. The van der Waals surface area contributed by atoms with Crippen molar-refractivity contribution in [3.63, 3.8) is 0 Å². The van der Waals surface area contributed by atoms with Crippen LogP contribution in [0.2, 0.25) is 0 Å². The Hall–Kier alpha value is -1.46. The second kappa shape index (κ2) is 12.9. The molecule has 33 heavy (non-hydrogen) atoms. The van der Waals surface area contributed by atoms with Crippen molar-refractivity contribution in [2.75, 3.05) is 26.2 Å². The first-order chi connectivity index (χ1) is 16.2. The van der Waals surface area contributed by atoms with Gasteiger partial charge in [0.1, 0.15) is 0 Å². The highest BCUT2D eigenvalue weighted by Gasteiger charge is 2.28. The van der Waals surface area contributed by atoms with Gasteiger partial charge in [0.05, 0.1) is 18.6 Å². The highest BCUT2D eigenvalue weighted by atomic mass is 15.3. The zero-order chi connectivity index (χ0) is 22.9. The van der Waals surface area contributed by atoms with Crippen LogP contribution in [-0.2, 0) is 0 Å². The van der Waals surface area contributed by atoms with E-state index in [2.05, 4.69) is 14.8 Å². The topological polar surface area (TPSA) is 83.2 Å². The molecule has 0 aromatic heterocycles. The summed E-state index contributed by atoms with van der Waals surface area (Å²) in [6, 6.07) is 0.934. The van der Waals surface area contributed by atoms with E-state index in [0.717, 1.165) is 49.9 Å². The lowest BCUT2D eigenvalue weighted by Gasteiger charge is -2.27. The highest BCUT2D eigenvalue weighted by molar-refractivity contribution is 5.80. The summed E-state index contributed by atoms with van der Waals surface area (Å²) in [4.78, 5) is 14.1. The number of hydrogen-bond donors (Lipinski definition) is 2. The van der Waals surface area contributed by atoms with Gasteiger partial charge in [-0.2, -0.15) is 0 Å². The van der Waals surface area contributed by atoms with Gasteiger partial charge in [-0.05, 0) is 43.9 Å². The molecule has 0 aromatic carbocycles. The quantitative estimate of drug-likeness (QED) is 0.408. The summed E-state index contributed by atoms with van der Waals surface area (Å²) in [6.07, 6.45) is 23.2. The van der Waals surface area contributed by atoms with Crippen molar-refractivity contribution in [1.82, 2.24) is 9.80 Å². The number of aliphatic imine (C=N–C) groups is 2. The molecule has 4 rings (SSSR count). The second-order valence-corrected chi connectivity index (χ2v) is 11.4. The fraction of sp³-hybridized carbons (Fsp3) is 0.926. The van der Waals surface area contributed by atoms with E-state index < -0.39 is 0 Å². The second-order valence-electron chi connectivity index (χ2n) is 11.4. The summed E-state index contributed by atoms with van der Waals surface area (Å²) in [7, 11) is 0. The molecule has 0 spiro atoms. The summed E-state index contributed by atoms with van der Waals surface area (Å²) in [5.74, 6) is 3.42. The van der Waals surface area contributed by atoms with E-state index in [0.29, 0.717) is 12.1 Å². The summed E-state index contributed by atoms with van der Waals surface area (Å²) in [5, 5.41) is 0. The lowest BCUT2D eigenvalue weighted by Crippen LogP contribution is -2.41. The van der Waals surface area contributed by atoms with E-state index in [9.17, 15) is 0 Å². The smallest absolute Gasteiger partial charge is 0.191 e. The molecule has 2 atom stereocenters. The summed E-state index contributed by atoms with van der Waals surface area (Å²) >= 11 is 0. The van der Waals surface area contributed by atoms with E-state index in [1.54, 1.807) is 0 Å². The van der Waals surface area contributed by atoms with Crippen LogP contribution in [0.25, 0.3) is 0 Å². The minimum absolute atomic E-state index is 0.431. The molecule has 2 heterocycles. The largest absolute Gasteiger partial charge is 0.370 e. The van der Waals surface area contributed by atoms with E-state index in [1.807, 2.05) is 0 Å². The van der Waals surface area contributed by atoms with E-state index >= 15 is 0 Å². The van der Waals surface area contributed by atoms with Crippen molar-refractivity contribution in [2.45, 2.75) is 121 Å². The van der Waals surface area contributed by atoms with Gasteiger partial charge in [-0.15, -0.1) is 0 Å². The first-order valence-electron chi connectivity index (χ1n) is 14.3. The van der Waals surface area contributed by atoms with Crippen LogP contribution in [0.15, 0.2) is 9.98 Å². The molecule has 0 aromatic rings. The molecule has 0 unspecified atom stereocenters. The maximum absolute atomic E-state index is 6.27. The Morgan fingerprint density at radius 2 is 1.39 bits per heavy atom. The van der Waals surface area contributed by atoms with Crippen LogP contribution in [0.4, 0.5) is 0 Å². The Bertz CT molecular complexity index is 635. The van der Waals surface area contributed by atoms with Gasteiger partial charge in [-0.25, -0.2) is 4.99 Å². The minimum Gasteiger partial charge on any atom is -0.370 e. The maximum atomic E-state index is 6.27. The molecule has 2 aliphatic carbocycles. The molecule has 6 nitrogen and oxygen atoms in total. The van der Waals surface area contributed by atoms with Crippen molar-refractivity contribution < 1.29 is 0 Å². The third-order valence-corrected chi connectivity index (χ3v) is 8.80. The van der Waals surface area contributed by atoms with Crippen molar-refractivity contribution in [3.8, 4) is 0 Å². The van der Waals surface area contributed by atoms with Gasteiger partial charge < -0.3 is 21.3 Å². The first-order valence-corrected chi connectivity index (χ1v) is 14.3. The fourth-order valence-corrected chi connectivity index (χ4v) is 6.79. The zero-order valence-electron chi connectivity index (χ0n) is 21.1. The summed E-state index contributed by atoms with van der Waals surface area (Å²) in [5.41, 5.74) is 12.5. The third kappa shape index (κ3) is 7.51. The van der Waals surface area contributed by atoms with E-state index in [4.69, 9.17) is 16.5 Å². The number of hydrogen-bond acceptors (Lipinski definition) is 6. The number of nitrogens with zero attached hydrogens (tertiary/aromatic N) is 4. The predicted molar refractivity (Wildman–Crippen MR) is 139 cm³/mol. The summed E-state index contributed by atoms with van der Waals surface area (Å²) < 4.78 is 0. The molecule has 188 valence electrons. The van der Waals surface area contributed by atoms with Crippen LogP contribution in [0, 0.1) is 11.8 Å². The molecule has 0 saturated heterocycles. The van der Waals surface area contributed by atoms with E-state index in [1.165, 1.54) is 109 Å². The van der Waals surface area contributed by atoms with Gasteiger partial charge in [-0.3, -0.25) is 4.99 Å². The number of unbranched alkanes of at least 4 members (excludes halogenated alkanes) is 2. The van der Waals surface area contributed by atoms with Gasteiger partial charge in [0, 0.05) is 19.6 Å².